The van der Waals surface area contributed by atoms with Crippen molar-refractivity contribution in [2.45, 2.75) is 46.7 Å². The average Bonchev–Trinajstić information content (AvgIpc) is 3.46. The van der Waals surface area contributed by atoms with E-state index in [1.54, 1.807) is 17.3 Å². The van der Waals surface area contributed by atoms with E-state index in [0.29, 0.717) is 47.4 Å². The first-order valence-corrected chi connectivity index (χ1v) is 11.8. The number of aromatic nitrogens is 5. The number of carboxylic acid groups (broad SMARTS) is 1. The lowest BCUT2D eigenvalue weighted by molar-refractivity contribution is 0.0996. The van der Waals surface area contributed by atoms with Crippen LogP contribution in [0.1, 0.15) is 55.4 Å². The van der Waals surface area contributed by atoms with Crippen LogP contribution in [0.25, 0.3) is 11.5 Å². The lowest BCUT2D eigenvalue weighted by atomic mass is 10.1. The van der Waals surface area contributed by atoms with Crippen molar-refractivity contribution in [2.75, 3.05) is 29.4 Å². The molecule has 0 aliphatic carbocycles. The molecule has 3 aromatic heterocycles. The van der Waals surface area contributed by atoms with Gasteiger partial charge in [-0.15, -0.1) is 10.2 Å². The third-order valence-corrected chi connectivity index (χ3v) is 6.08. The van der Waals surface area contributed by atoms with Gasteiger partial charge in [0.25, 0.3) is 5.91 Å². The average molecular weight is 479 g/mol. The van der Waals surface area contributed by atoms with Gasteiger partial charge in [-0.3, -0.25) is 9.69 Å². The maximum Gasteiger partial charge on any atom is 0.404 e. The van der Waals surface area contributed by atoms with Crippen LogP contribution in [-0.4, -0.2) is 61.5 Å². The van der Waals surface area contributed by atoms with Crippen molar-refractivity contribution in [3.05, 3.63) is 47.4 Å². The van der Waals surface area contributed by atoms with Gasteiger partial charge in [-0.05, 0) is 45.9 Å². The van der Waals surface area contributed by atoms with Crippen LogP contribution in [0.15, 0.2) is 30.6 Å². The second-order valence-corrected chi connectivity index (χ2v) is 8.54. The van der Waals surface area contributed by atoms with Gasteiger partial charge in [0.2, 0.25) is 0 Å². The molecule has 4 rings (SSSR count). The molecule has 2 amide bonds. The molecule has 1 aliphatic rings. The van der Waals surface area contributed by atoms with E-state index in [1.165, 1.54) is 0 Å². The van der Waals surface area contributed by atoms with E-state index in [1.807, 2.05) is 50.5 Å². The summed E-state index contributed by atoms with van der Waals surface area (Å²) in [5.74, 6) is 1.71. The van der Waals surface area contributed by atoms with Crippen LogP contribution in [-0.2, 0) is 13.0 Å². The van der Waals surface area contributed by atoms with Gasteiger partial charge >= 0.3 is 6.09 Å². The number of nitrogens with one attached hydrogen (secondary N) is 1. The number of pyridine rings is 2. The standard InChI is InChI=1S/C24H30N8O3/c1-5-30(6-2)21-12-16-17(18(27-21)10-11-25-24(34)35)13-31(23(16)33)20-9-7-8-19(28-20)22-29-26-14-32(22)15(3)4/h7-9,12,14-15,25H,5-6,10-11,13H2,1-4H3,(H,34,35). The zero-order valence-corrected chi connectivity index (χ0v) is 20.4. The van der Waals surface area contributed by atoms with Crippen molar-refractivity contribution in [1.29, 1.82) is 0 Å². The van der Waals surface area contributed by atoms with Crippen molar-refractivity contribution >= 4 is 23.6 Å². The van der Waals surface area contributed by atoms with Gasteiger partial charge in [0, 0.05) is 37.7 Å². The second-order valence-electron chi connectivity index (χ2n) is 8.54. The molecule has 3 aromatic rings. The molecule has 0 fully saturated rings. The molecule has 0 radical (unpaired) electrons. The van der Waals surface area contributed by atoms with Crippen molar-refractivity contribution in [2.24, 2.45) is 0 Å². The summed E-state index contributed by atoms with van der Waals surface area (Å²) in [6, 6.07) is 7.49. The van der Waals surface area contributed by atoms with Crippen LogP contribution in [0.3, 0.4) is 0 Å². The molecule has 0 spiro atoms. The maximum absolute atomic E-state index is 13.6. The SMILES string of the molecule is CCN(CC)c1cc2c(c(CCNC(=O)O)n1)CN(c1cccc(-c3nncn3C(C)C)n1)C2=O. The van der Waals surface area contributed by atoms with Crippen molar-refractivity contribution in [3.8, 4) is 11.5 Å². The van der Waals surface area contributed by atoms with Crippen LogP contribution < -0.4 is 15.1 Å². The highest BCUT2D eigenvalue weighted by Crippen LogP contribution is 2.32. The monoisotopic (exact) mass is 478 g/mol. The number of hydrogen-bond donors (Lipinski definition) is 2. The van der Waals surface area contributed by atoms with Crippen molar-refractivity contribution < 1.29 is 14.7 Å². The minimum Gasteiger partial charge on any atom is -0.465 e. The molecule has 4 heterocycles. The second kappa shape index (κ2) is 10.1. The first kappa shape index (κ1) is 24.1. The number of hydrogen-bond acceptors (Lipinski definition) is 7. The largest absolute Gasteiger partial charge is 0.465 e. The van der Waals surface area contributed by atoms with E-state index < -0.39 is 6.09 Å². The molecule has 184 valence electrons. The molecule has 1 aliphatic heterocycles. The summed E-state index contributed by atoms with van der Waals surface area (Å²) in [5, 5.41) is 19.6. The Balaban J connectivity index is 1.70. The summed E-state index contributed by atoms with van der Waals surface area (Å²) in [6.45, 7) is 10.2. The minimum atomic E-state index is -1.09. The minimum absolute atomic E-state index is 0.154. The number of carbonyl (C=O) groups is 2. The van der Waals surface area contributed by atoms with Gasteiger partial charge in [0.1, 0.15) is 23.7 Å². The number of nitrogens with zero attached hydrogens (tertiary/aromatic N) is 7. The Morgan fingerprint density at radius 2 is 2.00 bits per heavy atom. The molecule has 0 unspecified atom stereocenters. The number of fused-ring (bicyclic) bond motifs is 1. The van der Waals surface area contributed by atoms with Gasteiger partial charge in [-0.2, -0.15) is 0 Å². The van der Waals surface area contributed by atoms with E-state index in [9.17, 15) is 9.59 Å². The Hall–Kier alpha value is -4.02. The fourth-order valence-electron chi connectivity index (χ4n) is 4.24. The summed E-state index contributed by atoms with van der Waals surface area (Å²) < 4.78 is 1.93. The highest BCUT2D eigenvalue weighted by molar-refractivity contribution is 6.10. The highest BCUT2D eigenvalue weighted by Gasteiger charge is 2.33. The first-order valence-electron chi connectivity index (χ1n) is 11.8. The molecule has 11 nitrogen and oxygen atoms in total. The highest BCUT2D eigenvalue weighted by atomic mass is 16.4. The Labute approximate surface area is 203 Å². The number of rotatable bonds is 9. The summed E-state index contributed by atoms with van der Waals surface area (Å²) in [6.07, 6.45) is 0.966. The van der Waals surface area contributed by atoms with E-state index in [4.69, 9.17) is 15.1 Å². The smallest absolute Gasteiger partial charge is 0.404 e. The Morgan fingerprint density at radius 1 is 1.23 bits per heavy atom. The topological polar surface area (TPSA) is 129 Å². The van der Waals surface area contributed by atoms with E-state index in [-0.39, 0.29) is 18.5 Å². The van der Waals surface area contributed by atoms with Gasteiger partial charge < -0.3 is 19.9 Å². The molecule has 0 saturated carbocycles. The molecule has 0 saturated heterocycles. The van der Waals surface area contributed by atoms with Gasteiger partial charge in [-0.25, -0.2) is 14.8 Å². The molecule has 0 bridgehead atoms. The molecule has 0 aromatic carbocycles. The summed E-state index contributed by atoms with van der Waals surface area (Å²) in [5.41, 5.74) is 2.72. The van der Waals surface area contributed by atoms with E-state index in [0.717, 1.165) is 18.7 Å². The first-order chi connectivity index (χ1) is 16.8. The van der Waals surface area contributed by atoms with Crippen LogP contribution in [0.4, 0.5) is 16.4 Å². The van der Waals surface area contributed by atoms with Gasteiger partial charge in [-0.1, -0.05) is 6.07 Å². The fourth-order valence-corrected chi connectivity index (χ4v) is 4.24. The van der Waals surface area contributed by atoms with E-state index in [2.05, 4.69) is 20.4 Å². The summed E-state index contributed by atoms with van der Waals surface area (Å²) in [7, 11) is 0. The number of amides is 2. The fraction of sp³-hybridized carbons (Fsp3) is 0.417. The third kappa shape index (κ3) is 4.79. The number of anilines is 2. The van der Waals surface area contributed by atoms with Crippen molar-refractivity contribution in [3.63, 3.8) is 0 Å². The lowest BCUT2D eigenvalue weighted by Gasteiger charge is -2.21. The van der Waals surface area contributed by atoms with Gasteiger partial charge in [0.15, 0.2) is 5.82 Å². The normalized spacial score (nSPS) is 12.8. The maximum atomic E-state index is 13.6. The molecule has 11 heteroatoms. The Bertz CT molecular complexity index is 1240. The summed E-state index contributed by atoms with van der Waals surface area (Å²) in [4.78, 5) is 37.8. The predicted octanol–water partition coefficient (Wildman–Crippen LogP) is 3.13. The predicted molar refractivity (Wildman–Crippen MR) is 132 cm³/mol. The molecular weight excluding hydrogens is 448 g/mol. The Morgan fingerprint density at radius 3 is 2.69 bits per heavy atom. The Kier molecular flexibility index (Phi) is 6.94. The van der Waals surface area contributed by atoms with Crippen LogP contribution >= 0.6 is 0 Å². The molecule has 0 atom stereocenters. The summed E-state index contributed by atoms with van der Waals surface area (Å²) >= 11 is 0. The number of carbonyl (C=O) groups excluding carboxylic acids is 1. The molecular formula is C24H30N8O3. The third-order valence-electron chi connectivity index (χ3n) is 6.08. The van der Waals surface area contributed by atoms with Crippen LogP contribution in [0.2, 0.25) is 0 Å². The molecule has 35 heavy (non-hydrogen) atoms. The van der Waals surface area contributed by atoms with Gasteiger partial charge in [0.05, 0.1) is 17.8 Å². The van der Waals surface area contributed by atoms with Crippen LogP contribution in [0, 0.1) is 0 Å². The molecule has 2 N–H and O–H groups in total. The van der Waals surface area contributed by atoms with Crippen LogP contribution in [0.5, 0.6) is 0 Å². The zero-order chi connectivity index (χ0) is 25.1. The lowest BCUT2D eigenvalue weighted by Crippen LogP contribution is -2.26. The van der Waals surface area contributed by atoms with Crippen molar-refractivity contribution in [1.82, 2.24) is 30.0 Å². The zero-order valence-electron chi connectivity index (χ0n) is 20.4. The van der Waals surface area contributed by atoms with E-state index >= 15 is 0 Å². The quantitative estimate of drug-likeness (QED) is 0.480.